The Balaban J connectivity index is 1.19. The van der Waals surface area contributed by atoms with Crippen LogP contribution in [0.4, 0.5) is 21.9 Å². The molecule has 0 bridgehead atoms. The number of nitrogens with one attached hydrogen (secondary N) is 4. The highest BCUT2D eigenvalue weighted by Gasteiger charge is 2.18. The molecule has 12 heteroatoms. The number of nitrogens with zero attached hydrogens (tertiary/aromatic N) is 1. The van der Waals surface area contributed by atoms with Crippen molar-refractivity contribution in [1.82, 2.24) is 10.3 Å². The number of methoxy groups -OCH3 is 1. The van der Waals surface area contributed by atoms with E-state index < -0.39 is 16.6 Å². The van der Waals surface area contributed by atoms with Gasteiger partial charge in [0, 0.05) is 54.2 Å². The van der Waals surface area contributed by atoms with E-state index >= 15 is 0 Å². The molecule has 4 N–H and O–H groups in total. The van der Waals surface area contributed by atoms with Gasteiger partial charge in [-0.25, -0.2) is 4.79 Å². The van der Waals surface area contributed by atoms with E-state index in [1.807, 2.05) is 12.3 Å². The van der Waals surface area contributed by atoms with E-state index in [1.54, 1.807) is 76.4 Å². The summed E-state index contributed by atoms with van der Waals surface area (Å²) in [6.45, 7) is 5.82. The maximum absolute atomic E-state index is 12.8. The fraction of sp³-hybridized carbons (Fsp3) is 0.343. The predicted octanol–water partition coefficient (Wildman–Crippen LogP) is 7.34. The van der Waals surface area contributed by atoms with Gasteiger partial charge in [0.05, 0.1) is 23.4 Å². The van der Waals surface area contributed by atoms with Gasteiger partial charge in [-0.3, -0.25) is 25.0 Å². The van der Waals surface area contributed by atoms with Crippen LogP contribution in [0.1, 0.15) is 74.4 Å². The number of nitro groups is 1. The molecule has 0 spiro atoms. The third kappa shape index (κ3) is 10.1. The molecule has 0 unspecified atom stereocenters. The second-order valence-corrected chi connectivity index (χ2v) is 12.1. The van der Waals surface area contributed by atoms with Crippen molar-refractivity contribution >= 4 is 45.9 Å². The Hall–Kier alpha value is -5.39. The Morgan fingerprint density at radius 1 is 0.894 bits per heavy atom. The van der Waals surface area contributed by atoms with E-state index in [1.165, 1.54) is 6.07 Å². The fourth-order valence-electron chi connectivity index (χ4n) is 5.06. The summed E-state index contributed by atoms with van der Waals surface area (Å²) in [5.74, 6) is 0.190. The molecule has 3 amide bonds. The molecule has 1 heterocycles. The van der Waals surface area contributed by atoms with Gasteiger partial charge in [-0.1, -0.05) is 31.0 Å². The number of amides is 3. The van der Waals surface area contributed by atoms with Gasteiger partial charge in [-0.2, -0.15) is 0 Å². The van der Waals surface area contributed by atoms with Crippen LogP contribution in [0.3, 0.4) is 0 Å². The van der Waals surface area contributed by atoms with Crippen molar-refractivity contribution in [3.8, 4) is 5.75 Å². The molecule has 0 aliphatic heterocycles. The molecule has 4 aromatic rings. The third-order valence-electron chi connectivity index (χ3n) is 7.34. The number of H-pyrrole nitrogens is 1. The quantitative estimate of drug-likeness (QED) is 0.0634. The van der Waals surface area contributed by atoms with Crippen LogP contribution >= 0.6 is 0 Å². The number of hydrogen-bond donors (Lipinski definition) is 4. The minimum atomic E-state index is -0.638. The molecule has 1 aromatic heterocycles. The van der Waals surface area contributed by atoms with Gasteiger partial charge in [-0.05, 0) is 75.1 Å². The summed E-state index contributed by atoms with van der Waals surface area (Å²) in [6, 6.07) is 16.9. The number of fused-ring (bicyclic) bond motifs is 1. The van der Waals surface area contributed by atoms with Crippen molar-refractivity contribution < 1.29 is 28.8 Å². The first-order valence-electron chi connectivity index (χ1n) is 15.5. The molecule has 0 aliphatic rings. The summed E-state index contributed by atoms with van der Waals surface area (Å²) in [5, 5.41) is 20.5. The summed E-state index contributed by atoms with van der Waals surface area (Å²) in [6.07, 6.45) is 5.14. The molecule has 0 saturated carbocycles. The molecule has 3 aromatic carbocycles. The first-order valence-corrected chi connectivity index (χ1v) is 15.5. The van der Waals surface area contributed by atoms with E-state index in [0.29, 0.717) is 48.5 Å². The summed E-state index contributed by atoms with van der Waals surface area (Å²) in [7, 11) is 1.54. The van der Waals surface area contributed by atoms with Gasteiger partial charge in [0.1, 0.15) is 11.4 Å². The molecule has 4 rings (SSSR count). The second kappa shape index (κ2) is 15.7. The smallest absolute Gasteiger partial charge is 0.412 e. The molecule has 0 atom stereocenters. The Morgan fingerprint density at radius 3 is 2.32 bits per heavy atom. The lowest BCUT2D eigenvalue weighted by Gasteiger charge is -2.20. The van der Waals surface area contributed by atoms with Gasteiger partial charge in [0.15, 0.2) is 0 Å². The predicted molar refractivity (Wildman–Crippen MR) is 181 cm³/mol. The zero-order chi connectivity index (χ0) is 34.0. The van der Waals surface area contributed by atoms with Crippen molar-refractivity contribution in [1.29, 1.82) is 0 Å². The lowest BCUT2D eigenvalue weighted by molar-refractivity contribution is -0.384. The lowest BCUT2D eigenvalue weighted by Crippen LogP contribution is -2.27. The van der Waals surface area contributed by atoms with Gasteiger partial charge >= 0.3 is 6.09 Å². The van der Waals surface area contributed by atoms with E-state index in [4.69, 9.17) is 9.47 Å². The van der Waals surface area contributed by atoms with Crippen LogP contribution in [0.15, 0.2) is 66.9 Å². The molecular formula is C35H41N5O7. The van der Waals surface area contributed by atoms with Crippen LogP contribution in [0.2, 0.25) is 0 Å². The molecule has 47 heavy (non-hydrogen) atoms. The average molecular weight is 644 g/mol. The van der Waals surface area contributed by atoms with Crippen LogP contribution in [-0.2, 0) is 16.0 Å². The number of aromatic amines is 1. The van der Waals surface area contributed by atoms with Gasteiger partial charge in [-0.15, -0.1) is 0 Å². The maximum atomic E-state index is 12.8. The Kier molecular flexibility index (Phi) is 11.6. The Morgan fingerprint density at radius 2 is 1.62 bits per heavy atom. The first-order chi connectivity index (χ1) is 22.4. The molecule has 0 aliphatic carbocycles. The minimum Gasteiger partial charge on any atom is -0.496 e. The zero-order valence-corrected chi connectivity index (χ0v) is 27.1. The molecule has 248 valence electrons. The number of non-ortho nitro benzene ring substituents is 1. The minimum absolute atomic E-state index is 0.0236. The van der Waals surface area contributed by atoms with Crippen LogP contribution in [0.5, 0.6) is 5.75 Å². The number of ether oxygens (including phenoxy) is 2. The van der Waals surface area contributed by atoms with Gasteiger partial charge in [0.2, 0.25) is 5.91 Å². The molecular weight excluding hydrogens is 602 g/mol. The summed E-state index contributed by atoms with van der Waals surface area (Å²) >= 11 is 0. The number of para-hydroxylation sites is 2. The van der Waals surface area contributed by atoms with Crippen molar-refractivity contribution in [2.45, 2.75) is 64.9 Å². The van der Waals surface area contributed by atoms with Crippen LogP contribution < -0.4 is 20.7 Å². The van der Waals surface area contributed by atoms with Crippen LogP contribution in [-0.4, -0.2) is 47.1 Å². The highest BCUT2D eigenvalue weighted by molar-refractivity contribution is 5.98. The van der Waals surface area contributed by atoms with Gasteiger partial charge < -0.3 is 25.1 Å². The van der Waals surface area contributed by atoms with Crippen LogP contribution in [0, 0.1) is 10.1 Å². The second-order valence-electron chi connectivity index (χ2n) is 12.1. The number of carbonyl (C=O) groups excluding carboxylic acids is 3. The van der Waals surface area contributed by atoms with Crippen molar-refractivity contribution in [3.05, 3.63) is 93.7 Å². The summed E-state index contributed by atoms with van der Waals surface area (Å²) < 4.78 is 10.9. The molecule has 0 saturated heterocycles. The van der Waals surface area contributed by atoms with Crippen molar-refractivity contribution in [2.75, 3.05) is 24.3 Å². The number of unbranched alkanes of at least 4 members (excludes halogenated alkanes) is 3. The number of nitro benzene ring substituents is 1. The third-order valence-corrected chi connectivity index (χ3v) is 7.34. The number of hydrogen-bond acceptors (Lipinski definition) is 7. The average Bonchev–Trinajstić information content (AvgIpc) is 3.42. The Labute approximate surface area is 273 Å². The zero-order valence-electron chi connectivity index (χ0n) is 27.1. The maximum Gasteiger partial charge on any atom is 0.412 e. The van der Waals surface area contributed by atoms with Gasteiger partial charge in [0.25, 0.3) is 11.6 Å². The van der Waals surface area contributed by atoms with E-state index in [2.05, 4.69) is 20.9 Å². The number of rotatable bonds is 14. The standard InChI is InChI=1S/C35H41N5O7/c1-35(2,3)47-34(43)39-30-12-9-8-11-29(30)38-32(41)13-7-5-6-10-18-36-33(42)24-15-14-23(31(20-24)46-4)19-25-22-37-28-17-16-26(40(44)45)21-27(25)28/h8-9,11-12,14-17,20-22,37H,5-7,10,13,18-19H2,1-4H3,(H,36,42)(H,38,41)(H,39,43). The largest absolute Gasteiger partial charge is 0.496 e. The Bertz CT molecular complexity index is 1740. The highest BCUT2D eigenvalue weighted by atomic mass is 16.6. The van der Waals surface area contributed by atoms with Crippen LogP contribution in [0.25, 0.3) is 10.9 Å². The monoisotopic (exact) mass is 643 g/mol. The first kappa shape index (κ1) is 34.5. The van der Waals surface area contributed by atoms with E-state index in [0.717, 1.165) is 41.3 Å². The van der Waals surface area contributed by atoms with Crippen molar-refractivity contribution in [2.24, 2.45) is 0 Å². The highest BCUT2D eigenvalue weighted by Crippen LogP contribution is 2.29. The van der Waals surface area contributed by atoms with E-state index in [-0.39, 0.29) is 17.5 Å². The SMILES string of the molecule is COc1cc(C(=O)NCCCCCCC(=O)Nc2ccccc2NC(=O)OC(C)(C)C)ccc1Cc1c[nH]c2ccc([N+](=O)[O-])cc12. The van der Waals surface area contributed by atoms with Crippen molar-refractivity contribution in [3.63, 3.8) is 0 Å². The number of anilines is 2. The molecule has 0 fully saturated rings. The van der Waals surface area contributed by atoms with E-state index in [9.17, 15) is 24.5 Å². The number of benzene rings is 3. The number of carbonyl (C=O) groups is 3. The fourth-order valence-corrected chi connectivity index (χ4v) is 5.06. The topological polar surface area (TPSA) is 165 Å². The normalized spacial score (nSPS) is 11.1. The number of aromatic nitrogens is 1. The summed E-state index contributed by atoms with van der Waals surface area (Å²) in [4.78, 5) is 51.4. The summed E-state index contributed by atoms with van der Waals surface area (Å²) in [5.41, 5.74) is 3.36. The molecule has 12 nitrogen and oxygen atoms in total. The lowest BCUT2D eigenvalue weighted by atomic mass is 10.0. The molecule has 0 radical (unpaired) electrons.